The molecule has 94 valence electrons. The third-order valence-corrected chi connectivity index (χ3v) is 3.85. The van der Waals surface area contributed by atoms with E-state index in [1.807, 2.05) is 0 Å². The number of hydrogen-bond donors (Lipinski definition) is 2. The van der Waals surface area contributed by atoms with E-state index in [2.05, 4.69) is 49.5 Å². The lowest BCUT2D eigenvalue weighted by Crippen LogP contribution is -2.41. The first kappa shape index (κ1) is 12.6. The van der Waals surface area contributed by atoms with Gasteiger partial charge < -0.3 is 11.1 Å². The van der Waals surface area contributed by atoms with Crippen LogP contribution in [0, 0.1) is 11.8 Å². The first-order valence-electron chi connectivity index (χ1n) is 6.70. The van der Waals surface area contributed by atoms with Gasteiger partial charge in [0.25, 0.3) is 0 Å². The fraction of sp³-hybridized carbons (Fsp3) is 0.600. The smallest absolute Gasteiger partial charge is 0.0213 e. The monoisotopic (exact) mass is 232 g/mol. The van der Waals surface area contributed by atoms with E-state index in [4.69, 9.17) is 5.73 Å². The van der Waals surface area contributed by atoms with Crippen LogP contribution in [0.4, 0.5) is 0 Å². The summed E-state index contributed by atoms with van der Waals surface area (Å²) in [5, 5.41) is 3.61. The predicted molar refractivity (Wildman–Crippen MR) is 73.0 cm³/mol. The number of benzene rings is 1. The molecule has 1 aliphatic carbocycles. The van der Waals surface area contributed by atoms with Crippen molar-refractivity contribution in [1.82, 2.24) is 5.32 Å². The topological polar surface area (TPSA) is 38.0 Å². The molecule has 0 aliphatic heterocycles. The first-order chi connectivity index (χ1) is 8.22. The molecule has 0 saturated heterocycles. The van der Waals surface area contributed by atoms with E-state index in [9.17, 15) is 0 Å². The Bertz CT molecular complexity index is 334. The van der Waals surface area contributed by atoms with E-state index in [1.54, 1.807) is 0 Å². The van der Waals surface area contributed by atoms with Crippen molar-refractivity contribution in [3.05, 3.63) is 35.9 Å². The van der Waals surface area contributed by atoms with Gasteiger partial charge in [-0.05, 0) is 36.3 Å². The second kappa shape index (κ2) is 5.65. The quantitative estimate of drug-likeness (QED) is 0.790. The highest BCUT2D eigenvalue weighted by Crippen LogP contribution is 2.46. The lowest BCUT2D eigenvalue weighted by atomic mass is 10.0. The van der Waals surface area contributed by atoms with E-state index in [0.29, 0.717) is 12.0 Å². The predicted octanol–water partition coefficient (Wildman–Crippen LogP) is 2.36. The van der Waals surface area contributed by atoms with Crippen LogP contribution in [0.2, 0.25) is 0 Å². The van der Waals surface area contributed by atoms with Gasteiger partial charge in [0, 0.05) is 12.6 Å². The number of nitrogens with two attached hydrogens (primary N) is 1. The minimum Gasteiger partial charge on any atom is -0.329 e. The van der Waals surface area contributed by atoms with Gasteiger partial charge in [0.15, 0.2) is 0 Å². The fourth-order valence-electron chi connectivity index (χ4n) is 2.48. The molecule has 2 rings (SSSR count). The van der Waals surface area contributed by atoms with Crippen molar-refractivity contribution in [2.45, 2.75) is 32.2 Å². The highest BCUT2D eigenvalue weighted by atomic mass is 14.9. The van der Waals surface area contributed by atoms with Gasteiger partial charge in [0.2, 0.25) is 0 Å². The highest BCUT2D eigenvalue weighted by Gasteiger charge is 2.37. The average molecular weight is 232 g/mol. The molecule has 17 heavy (non-hydrogen) atoms. The van der Waals surface area contributed by atoms with Gasteiger partial charge in [-0.2, -0.15) is 0 Å². The summed E-state index contributed by atoms with van der Waals surface area (Å²) in [6.07, 6.45) is 1.33. The molecule has 3 unspecified atom stereocenters. The van der Waals surface area contributed by atoms with Crippen LogP contribution in [0.1, 0.15) is 31.7 Å². The summed E-state index contributed by atoms with van der Waals surface area (Å²) in [7, 11) is 0. The van der Waals surface area contributed by atoms with E-state index in [0.717, 1.165) is 24.9 Å². The van der Waals surface area contributed by atoms with Crippen molar-refractivity contribution < 1.29 is 0 Å². The molecule has 0 heterocycles. The van der Waals surface area contributed by atoms with Crippen molar-refractivity contribution in [1.29, 1.82) is 0 Å². The van der Waals surface area contributed by atoms with Gasteiger partial charge in [0.05, 0.1) is 0 Å². The van der Waals surface area contributed by atoms with E-state index in [1.165, 1.54) is 12.0 Å². The van der Waals surface area contributed by atoms with Crippen LogP contribution in [0.15, 0.2) is 30.3 Å². The summed E-state index contributed by atoms with van der Waals surface area (Å²) < 4.78 is 0. The molecule has 0 bridgehead atoms. The van der Waals surface area contributed by atoms with Crippen molar-refractivity contribution in [3.8, 4) is 0 Å². The average Bonchev–Trinajstić information content (AvgIpc) is 3.10. The van der Waals surface area contributed by atoms with Gasteiger partial charge in [-0.25, -0.2) is 0 Å². The molecule has 1 fully saturated rings. The normalized spacial score (nSPS) is 24.9. The van der Waals surface area contributed by atoms with Crippen molar-refractivity contribution in [2.24, 2.45) is 17.6 Å². The third-order valence-electron chi connectivity index (χ3n) is 3.85. The third kappa shape index (κ3) is 3.30. The number of hydrogen-bond acceptors (Lipinski definition) is 2. The van der Waals surface area contributed by atoms with Crippen LogP contribution in [0.5, 0.6) is 0 Å². The van der Waals surface area contributed by atoms with Gasteiger partial charge >= 0.3 is 0 Å². The summed E-state index contributed by atoms with van der Waals surface area (Å²) in [5.41, 5.74) is 7.26. The van der Waals surface area contributed by atoms with Gasteiger partial charge in [-0.3, -0.25) is 0 Å². The molecular weight excluding hydrogens is 208 g/mol. The largest absolute Gasteiger partial charge is 0.329 e. The molecule has 1 aromatic carbocycles. The van der Waals surface area contributed by atoms with Crippen LogP contribution in [0.25, 0.3) is 0 Å². The highest BCUT2D eigenvalue weighted by molar-refractivity contribution is 5.25. The molecule has 0 spiro atoms. The molecule has 2 nitrogen and oxygen atoms in total. The lowest BCUT2D eigenvalue weighted by molar-refractivity contribution is 0.398. The van der Waals surface area contributed by atoms with Crippen LogP contribution in [-0.4, -0.2) is 19.1 Å². The van der Waals surface area contributed by atoms with E-state index < -0.39 is 0 Å². The van der Waals surface area contributed by atoms with E-state index >= 15 is 0 Å². The zero-order valence-corrected chi connectivity index (χ0v) is 10.9. The minimum atomic E-state index is 0.465. The second-order valence-corrected chi connectivity index (χ2v) is 5.51. The molecular formula is C15H24N2. The van der Waals surface area contributed by atoms with Crippen LogP contribution in [-0.2, 0) is 0 Å². The molecule has 1 saturated carbocycles. The van der Waals surface area contributed by atoms with Crippen molar-refractivity contribution in [3.63, 3.8) is 0 Å². The standard InChI is InChI=1S/C15H24N2/c1-11(2)15(9-16)17-10-13-8-14(13)12-6-4-3-5-7-12/h3-7,11,13-15,17H,8-10,16H2,1-2H3. The summed E-state index contributed by atoms with van der Waals surface area (Å²) in [6.45, 7) is 6.30. The van der Waals surface area contributed by atoms with Crippen molar-refractivity contribution >= 4 is 0 Å². The Labute approximate surface area is 105 Å². The molecule has 3 N–H and O–H groups in total. The maximum atomic E-state index is 5.76. The van der Waals surface area contributed by atoms with E-state index in [-0.39, 0.29) is 0 Å². The van der Waals surface area contributed by atoms with Gasteiger partial charge in [-0.15, -0.1) is 0 Å². The zero-order valence-electron chi connectivity index (χ0n) is 10.9. The first-order valence-corrected chi connectivity index (χ1v) is 6.70. The molecule has 0 radical (unpaired) electrons. The Morgan fingerprint density at radius 3 is 2.59 bits per heavy atom. The number of nitrogens with one attached hydrogen (secondary N) is 1. The fourth-order valence-corrected chi connectivity index (χ4v) is 2.48. The van der Waals surface area contributed by atoms with Crippen LogP contribution < -0.4 is 11.1 Å². The summed E-state index contributed by atoms with van der Waals surface area (Å²) in [4.78, 5) is 0. The summed E-state index contributed by atoms with van der Waals surface area (Å²) in [5.74, 6) is 2.20. The number of rotatable bonds is 6. The SMILES string of the molecule is CC(C)C(CN)NCC1CC1c1ccccc1. The minimum absolute atomic E-state index is 0.465. The molecule has 0 aromatic heterocycles. The van der Waals surface area contributed by atoms with Gasteiger partial charge in [0.1, 0.15) is 0 Å². The molecule has 1 aliphatic rings. The molecule has 2 heteroatoms. The Morgan fingerprint density at radius 1 is 1.29 bits per heavy atom. The lowest BCUT2D eigenvalue weighted by Gasteiger charge is -2.20. The molecule has 1 aromatic rings. The van der Waals surface area contributed by atoms with Crippen molar-refractivity contribution in [2.75, 3.05) is 13.1 Å². The zero-order chi connectivity index (χ0) is 12.3. The molecule has 0 amide bonds. The Kier molecular flexibility index (Phi) is 4.19. The Balaban J connectivity index is 1.77. The maximum Gasteiger partial charge on any atom is 0.0213 e. The second-order valence-electron chi connectivity index (χ2n) is 5.51. The summed E-state index contributed by atoms with van der Waals surface area (Å²) in [6, 6.07) is 11.3. The Hall–Kier alpha value is -0.860. The van der Waals surface area contributed by atoms with Gasteiger partial charge in [-0.1, -0.05) is 44.2 Å². The maximum absolute atomic E-state index is 5.76. The van der Waals surface area contributed by atoms with Crippen LogP contribution in [0.3, 0.4) is 0 Å². The van der Waals surface area contributed by atoms with Crippen LogP contribution >= 0.6 is 0 Å². The Morgan fingerprint density at radius 2 is 2.00 bits per heavy atom. The molecule has 3 atom stereocenters. The summed E-state index contributed by atoms with van der Waals surface area (Å²) >= 11 is 0.